The fraction of sp³-hybridized carbons (Fsp3) is 0.391. The number of rotatable bonds is 2. The van der Waals surface area contributed by atoms with Crippen LogP contribution < -0.4 is 10.5 Å². The van der Waals surface area contributed by atoms with Crippen LogP contribution in [0.15, 0.2) is 36.7 Å². The molecule has 0 atom stereocenters. The molecule has 0 aliphatic carbocycles. The normalized spacial score (nSPS) is 14.6. The van der Waals surface area contributed by atoms with E-state index >= 15 is 0 Å². The van der Waals surface area contributed by atoms with E-state index in [1.807, 2.05) is 17.7 Å². The molecule has 0 saturated heterocycles. The predicted octanol–water partition coefficient (Wildman–Crippen LogP) is 3.84. The number of hydrogen-bond donors (Lipinski definition) is 1. The minimum absolute atomic E-state index is 0.337. The van der Waals surface area contributed by atoms with Crippen molar-refractivity contribution >= 4 is 17.0 Å². The lowest BCUT2D eigenvalue weighted by molar-refractivity contribution is 0.301. The van der Waals surface area contributed by atoms with E-state index in [-0.39, 0.29) is 0 Å². The fourth-order valence-corrected chi connectivity index (χ4v) is 4.21. The van der Waals surface area contributed by atoms with Crippen molar-refractivity contribution in [1.82, 2.24) is 29.1 Å². The maximum atomic E-state index is 6.32. The summed E-state index contributed by atoms with van der Waals surface area (Å²) in [4.78, 5) is 18.5. The molecule has 4 aromatic rings. The lowest BCUT2D eigenvalue weighted by atomic mass is 10.0. The molecule has 0 saturated carbocycles. The Morgan fingerprint density at radius 2 is 1.94 bits per heavy atom. The van der Waals surface area contributed by atoms with Crippen molar-refractivity contribution in [3.63, 3.8) is 0 Å². The average Bonchev–Trinajstić information content (AvgIpc) is 3.36. The monoisotopic (exact) mass is 417 g/mol. The Bertz CT molecular complexity index is 1210. The molecular formula is C23H27N7O. The number of anilines is 1. The number of nitrogen functional groups attached to an aromatic ring is 1. The van der Waals surface area contributed by atoms with Crippen LogP contribution in [0, 0.1) is 0 Å². The van der Waals surface area contributed by atoms with Crippen LogP contribution in [-0.4, -0.2) is 35.7 Å². The van der Waals surface area contributed by atoms with E-state index in [1.165, 1.54) is 30.4 Å². The van der Waals surface area contributed by atoms with E-state index < -0.39 is 0 Å². The molecule has 4 heterocycles. The van der Waals surface area contributed by atoms with E-state index in [4.69, 9.17) is 15.5 Å². The van der Waals surface area contributed by atoms with E-state index in [0.717, 1.165) is 25.2 Å². The summed E-state index contributed by atoms with van der Waals surface area (Å²) in [6.07, 6.45) is 9.55. The van der Waals surface area contributed by atoms with Crippen molar-refractivity contribution < 1.29 is 4.74 Å². The summed E-state index contributed by atoms with van der Waals surface area (Å²) in [6.45, 7) is 3.94. The van der Waals surface area contributed by atoms with Gasteiger partial charge in [0.25, 0.3) is 6.01 Å². The second-order valence-corrected chi connectivity index (χ2v) is 7.95. The average molecular weight is 418 g/mol. The molecule has 0 amide bonds. The highest BCUT2D eigenvalue weighted by Gasteiger charge is 2.20. The van der Waals surface area contributed by atoms with E-state index in [9.17, 15) is 0 Å². The molecule has 1 aliphatic rings. The van der Waals surface area contributed by atoms with Gasteiger partial charge in [-0.2, -0.15) is 4.98 Å². The summed E-state index contributed by atoms with van der Waals surface area (Å²) in [5.41, 5.74) is 10.1. The van der Waals surface area contributed by atoms with Crippen molar-refractivity contribution in [3.8, 4) is 17.7 Å². The zero-order valence-electron chi connectivity index (χ0n) is 17.8. The molecule has 3 aromatic heterocycles. The second-order valence-electron chi connectivity index (χ2n) is 7.95. The highest BCUT2D eigenvalue weighted by atomic mass is 16.5. The van der Waals surface area contributed by atoms with Gasteiger partial charge in [-0.1, -0.05) is 37.1 Å². The van der Waals surface area contributed by atoms with Crippen molar-refractivity contribution in [3.05, 3.63) is 47.8 Å². The Kier molecular flexibility index (Phi) is 5.28. The number of aromatic nitrogens is 6. The molecule has 5 rings (SSSR count). The zero-order chi connectivity index (χ0) is 21.2. The molecule has 8 nitrogen and oxygen atoms in total. The van der Waals surface area contributed by atoms with Gasteiger partial charge in [0.2, 0.25) is 0 Å². The van der Waals surface area contributed by atoms with E-state index in [0.29, 0.717) is 42.0 Å². The summed E-state index contributed by atoms with van der Waals surface area (Å²) < 4.78 is 9.93. The number of aryl methyl sites for hydroxylation is 2. The summed E-state index contributed by atoms with van der Waals surface area (Å²) in [7, 11) is 0. The van der Waals surface area contributed by atoms with Crippen LogP contribution in [0.3, 0.4) is 0 Å². The Labute approximate surface area is 181 Å². The first kappa shape index (κ1) is 19.5. The Balaban J connectivity index is 1.69. The summed E-state index contributed by atoms with van der Waals surface area (Å²) in [5, 5.41) is 0. The third-order valence-electron chi connectivity index (χ3n) is 5.72. The van der Waals surface area contributed by atoms with Gasteiger partial charge in [0.05, 0.1) is 13.2 Å². The van der Waals surface area contributed by atoms with Crippen molar-refractivity contribution in [1.29, 1.82) is 0 Å². The molecule has 4 bridgehead atoms. The highest BCUT2D eigenvalue weighted by molar-refractivity contribution is 5.84. The largest absolute Gasteiger partial charge is 0.465 e. The SMILES string of the molecule is CCOc1nc2c(N)nc3nc2n1Cc1cccc(c1)CCCCCCn1ccnc1-3. The predicted molar refractivity (Wildman–Crippen MR) is 120 cm³/mol. The van der Waals surface area contributed by atoms with Gasteiger partial charge in [-0.15, -0.1) is 0 Å². The number of benzene rings is 1. The molecule has 0 unspecified atom stereocenters. The van der Waals surface area contributed by atoms with Crippen LogP contribution >= 0.6 is 0 Å². The van der Waals surface area contributed by atoms with Gasteiger partial charge < -0.3 is 15.0 Å². The summed E-state index contributed by atoms with van der Waals surface area (Å²) in [5.74, 6) is 1.58. The topological polar surface area (TPSA) is 96.7 Å². The number of ether oxygens (including phenoxy) is 1. The van der Waals surface area contributed by atoms with Crippen molar-refractivity contribution in [2.45, 2.75) is 52.1 Å². The smallest absolute Gasteiger partial charge is 0.299 e. The molecular weight excluding hydrogens is 390 g/mol. The lowest BCUT2D eigenvalue weighted by Gasteiger charge is -2.12. The number of nitrogens with zero attached hydrogens (tertiary/aromatic N) is 6. The van der Waals surface area contributed by atoms with Gasteiger partial charge in [-0.25, -0.2) is 15.0 Å². The minimum atomic E-state index is 0.337. The van der Waals surface area contributed by atoms with Gasteiger partial charge in [-0.05, 0) is 37.3 Å². The quantitative estimate of drug-likeness (QED) is 0.532. The van der Waals surface area contributed by atoms with Crippen LogP contribution in [0.5, 0.6) is 6.01 Å². The standard InChI is InChI=1S/C23H27N7O/c1-2-31-23-26-18-19(24)27-20-22-25-11-13-29(22)12-6-4-3-5-8-16-9-7-10-17(14-16)15-30(23)21(18)28-20/h7,9-11,13-14H,2-6,8,12,15H2,1H3,(H2,24,27,28). The molecule has 1 aliphatic heterocycles. The zero-order valence-corrected chi connectivity index (χ0v) is 17.8. The van der Waals surface area contributed by atoms with Gasteiger partial charge in [0.1, 0.15) is 0 Å². The first-order valence-electron chi connectivity index (χ1n) is 11.0. The molecule has 160 valence electrons. The number of imidazole rings is 2. The van der Waals surface area contributed by atoms with Crippen LogP contribution in [0.4, 0.5) is 5.82 Å². The van der Waals surface area contributed by atoms with Gasteiger partial charge in [0, 0.05) is 18.9 Å². The van der Waals surface area contributed by atoms with Gasteiger partial charge in [-0.3, -0.25) is 4.57 Å². The maximum absolute atomic E-state index is 6.32. The van der Waals surface area contributed by atoms with Crippen molar-refractivity contribution in [2.75, 3.05) is 12.3 Å². The minimum Gasteiger partial charge on any atom is -0.465 e. The molecule has 0 fully saturated rings. The first-order chi connectivity index (χ1) is 15.2. The van der Waals surface area contributed by atoms with Crippen LogP contribution in [0.25, 0.3) is 22.8 Å². The van der Waals surface area contributed by atoms with Gasteiger partial charge >= 0.3 is 0 Å². The molecule has 8 heteroatoms. The molecule has 0 spiro atoms. The molecule has 31 heavy (non-hydrogen) atoms. The van der Waals surface area contributed by atoms with Gasteiger partial charge in [0.15, 0.2) is 28.6 Å². The first-order valence-corrected chi connectivity index (χ1v) is 11.0. The van der Waals surface area contributed by atoms with Crippen LogP contribution in [0.1, 0.15) is 43.7 Å². The molecule has 0 radical (unpaired) electrons. The highest BCUT2D eigenvalue weighted by Crippen LogP contribution is 2.28. The van der Waals surface area contributed by atoms with Crippen molar-refractivity contribution in [2.24, 2.45) is 0 Å². The summed E-state index contributed by atoms with van der Waals surface area (Å²) in [6, 6.07) is 9.24. The lowest BCUT2D eigenvalue weighted by Crippen LogP contribution is -2.08. The Hall–Kier alpha value is -3.42. The Morgan fingerprint density at radius 3 is 2.84 bits per heavy atom. The van der Waals surface area contributed by atoms with E-state index in [1.54, 1.807) is 6.20 Å². The van der Waals surface area contributed by atoms with E-state index in [2.05, 4.69) is 43.8 Å². The third-order valence-corrected chi connectivity index (χ3v) is 5.72. The number of fused-ring (bicyclic) bond motifs is 5. The summed E-state index contributed by atoms with van der Waals surface area (Å²) >= 11 is 0. The molecule has 1 aromatic carbocycles. The fourth-order valence-electron chi connectivity index (χ4n) is 4.21. The van der Waals surface area contributed by atoms with Crippen LogP contribution in [0.2, 0.25) is 0 Å². The third kappa shape index (κ3) is 3.85. The second kappa shape index (κ2) is 8.37. The maximum Gasteiger partial charge on any atom is 0.299 e. The number of nitrogens with two attached hydrogens (primary N) is 1. The Morgan fingerprint density at radius 1 is 1.06 bits per heavy atom. The molecule has 2 N–H and O–H groups in total. The van der Waals surface area contributed by atoms with Crippen LogP contribution in [-0.2, 0) is 19.5 Å². The number of hydrogen-bond acceptors (Lipinski definition) is 6.